The Morgan fingerprint density at radius 3 is 1.29 bits per heavy atom. The molecule has 0 aromatic heterocycles. The largest absolute Gasteiger partial charge is 0.387 e. The van der Waals surface area contributed by atoms with Crippen molar-refractivity contribution in [3.63, 3.8) is 0 Å². The summed E-state index contributed by atoms with van der Waals surface area (Å²) in [4.78, 5) is 16.2. The first-order chi connectivity index (χ1) is 44.9. The molecular formula is C75H83NO15. The Morgan fingerprint density at radius 2 is 0.758 bits per heavy atom. The zero-order chi connectivity index (χ0) is 62.5. The molecule has 91 heavy (non-hydrogen) atoms. The minimum atomic E-state index is -1.47. The molecule has 0 unspecified atom stereocenters. The van der Waals surface area contributed by atoms with Crippen LogP contribution in [0, 0.1) is 0 Å². The number of benzene rings is 8. The van der Waals surface area contributed by atoms with E-state index in [0.717, 1.165) is 44.5 Å². The summed E-state index contributed by atoms with van der Waals surface area (Å²) < 4.78 is 79.0. The van der Waals surface area contributed by atoms with Gasteiger partial charge in [0, 0.05) is 18.7 Å². The van der Waals surface area contributed by atoms with Crippen LogP contribution in [0.15, 0.2) is 237 Å². The van der Waals surface area contributed by atoms with Crippen molar-refractivity contribution in [1.29, 1.82) is 0 Å². The fourth-order valence-electron chi connectivity index (χ4n) is 10.9. The van der Waals surface area contributed by atoms with Gasteiger partial charge in [-0.05, 0) is 50.6 Å². The van der Waals surface area contributed by atoms with Gasteiger partial charge in [-0.3, -0.25) is 4.79 Å². The second kappa shape index (κ2) is 36.6. The Balaban J connectivity index is 0.839. The highest BCUT2D eigenvalue weighted by Gasteiger charge is 2.53. The van der Waals surface area contributed by atoms with Crippen LogP contribution in [0.2, 0.25) is 0 Å². The van der Waals surface area contributed by atoms with Crippen LogP contribution >= 0.6 is 0 Å². The molecule has 0 aliphatic carbocycles. The molecule has 8 aromatic carbocycles. The van der Waals surface area contributed by atoms with E-state index in [1.54, 1.807) is 4.90 Å². The third kappa shape index (κ3) is 20.8. The van der Waals surface area contributed by atoms with Gasteiger partial charge in [-0.1, -0.05) is 231 Å². The molecule has 2 saturated heterocycles. The monoisotopic (exact) mass is 1240 g/mol. The maximum atomic E-state index is 14.4. The molecule has 2 heterocycles. The first kappa shape index (κ1) is 66.6. The molecule has 0 radical (unpaired) electrons. The van der Waals surface area contributed by atoms with E-state index in [1.165, 1.54) is 0 Å². The summed E-state index contributed by atoms with van der Waals surface area (Å²) in [5.41, 5.74) is 7.97. The molecule has 16 nitrogen and oxygen atoms in total. The van der Waals surface area contributed by atoms with E-state index in [1.807, 2.05) is 237 Å². The number of carbonyl (C=O) groups is 1. The first-order valence-electron chi connectivity index (χ1n) is 31.2. The van der Waals surface area contributed by atoms with Crippen LogP contribution in [-0.2, 0) is 110 Å². The highest BCUT2D eigenvalue weighted by Crippen LogP contribution is 2.35. The molecule has 0 spiro atoms. The van der Waals surface area contributed by atoms with Crippen LogP contribution < -0.4 is 0 Å². The minimum Gasteiger partial charge on any atom is -0.387 e. The Bertz CT molecular complexity index is 3270. The standard InChI is InChI=1S/C75H83NO15/c77-67-65(54-83-48-58-28-12-3-13-29-58)89-75(70(68(67)78)86-50-60-32-16-5-17-33-60)91-69-66(55-84-49-59-30-14-4-15-31-59)90-74(72(88-52-62-36-20-7-21-37-62)71(69)87-51-61-34-18-6-19-35-61)85-45-44-81-43-42-80-41-40-76(46-56-24-8-1-9-25-56)73(79)64-39-23-22-38-63(64)53-82-47-57-26-10-2-11-27-57/h1-39,65-72,74-75,77-78H,40-55H2/t65-,66-,67+,68+,69-,70-,71+,72-,74-,75+/m1/s1. The number of carbonyl (C=O) groups excluding carboxylic acids is 1. The summed E-state index contributed by atoms with van der Waals surface area (Å²) in [5, 5.41) is 23.8. The molecule has 16 heteroatoms. The van der Waals surface area contributed by atoms with Gasteiger partial charge in [-0.2, -0.15) is 0 Å². The SMILES string of the molecule is O=C(c1ccccc1COCc1ccccc1)N(CCOCCOCCO[C@@H]1O[C@H](COCc2ccccc2)[C@@H](O[C@@H]2O[C@H](COCc3ccccc3)[C@H](O)[C@H](O)[C@H]2OCc2ccccc2)[C@H](OCc2ccccc2)[C@H]1OCc1ccccc1)Cc1ccccc1. The van der Waals surface area contributed by atoms with Crippen molar-refractivity contribution < 1.29 is 71.8 Å². The van der Waals surface area contributed by atoms with Crippen LogP contribution in [0.5, 0.6) is 0 Å². The average Bonchev–Trinajstić information content (AvgIpc) is 0.883. The number of ether oxygens (including phenoxy) is 12. The van der Waals surface area contributed by atoms with Gasteiger partial charge in [0.2, 0.25) is 0 Å². The maximum absolute atomic E-state index is 14.4. The van der Waals surface area contributed by atoms with E-state index in [0.29, 0.717) is 25.3 Å². The molecule has 2 aliphatic heterocycles. The van der Waals surface area contributed by atoms with Gasteiger partial charge in [0.05, 0.1) is 92.5 Å². The fraction of sp³-hybridized carbons (Fsp3) is 0.347. The van der Waals surface area contributed by atoms with Gasteiger partial charge in [0.25, 0.3) is 5.91 Å². The molecule has 10 atom stereocenters. The zero-order valence-corrected chi connectivity index (χ0v) is 51.3. The number of rotatable bonds is 36. The molecule has 8 aromatic rings. The van der Waals surface area contributed by atoms with Crippen molar-refractivity contribution in [2.24, 2.45) is 0 Å². The molecule has 0 bridgehead atoms. The van der Waals surface area contributed by atoms with E-state index >= 15 is 0 Å². The number of hydrogen-bond acceptors (Lipinski definition) is 15. The van der Waals surface area contributed by atoms with Crippen molar-refractivity contribution in [2.45, 2.75) is 114 Å². The van der Waals surface area contributed by atoms with Crippen LogP contribution in [0.4, 0.5) is 0 Å². The first-order valence-corrected chi connectivity index (χ1v) is 31.2. The van der Waals surface area contributed by atoms with Gasteiger partial charge in [0.1, 0.15) is 48.8 Å². The number of aliphatic hydroxyl groups is 2. The van der Waals surface area contributed by atoms with E-state index in [9.17, 15) is 15.0 Å². The molecule has 478 valence electrons. The van der Waals surface area contributed by atoms with Crippen molar-refractivity contribution in [3.05, 3.63) is 287 Å². The van der Waals surface area contributed by atoms with Gasteiger partial charge in [0.15, 0.2) is 12.6 Å². The smallest absolute Gasteiger partial charge is 0.254 e. The summed E-state index contributed by atoms with van der Waals surface area (Å²) in [7, 11) is 0. The normalized spacial score (nSPS) is 21.5. The van der Waals surface area contributed by atoms with E-state index in [2.05, 4.69) is 0 Å². The summed E-state index contributed by atoms with van der Waals surface area (Å²) in [6.07, 6.45) is -11.3. The molecule has 10 rings (SSSR count). The topological polar surface area (TPSA) is 172 Å². The van der Waals surface area contributed by atoms with Crippen molar-refractivity contribution >= 4 is 5.91 Å². The van der Waals surface area contributed by atoms with Crippen LogP contribution in [0.1, 0.15) is 54.9 Å². The Hall–Kier alpha value is -7.33. The third-order valence-electron chi connectivity index (χ3n) is 15.7. The Kier molecular flexibility index (Phi) is 26.8. The van der Waals surface area contributed by atoms with Crippen molar-refractivity contribution in [3.8, 4) is 0 Å². The lowest BCUT2D eigenvalue weighted by Gasteiger charge is -2.49. The fourth-order valence-corrected chi connectivity index (χ4v) is 10.9. The summed E-state index contributed by atoms with van der Waals surface area (Å²) >= 11 is 0. The molecule has 2 aliphatic rings. The number of hydrogen-bond donors (Lipinski definition) is 2. The lowest BCUT2D eigenvalue weighted by Crippen LogP contribution is -2.66. The van der Waals surface area contributed by atoms with Crippen LogP contribution in [-0.4, -0.2) is 135 Å². The van der Waals surface area contributed by atoms with Crippen LogP contribution in [0.3, 0.4) is 0 Å². The van der Waals surface area contributed by atoms with E-state index in [4.69, 9.17) is 56.8 Å². The molecular weight excluding hydrogens is 1150 g/mol. The third-order valence-corrected chi connectivity index (χ3v) is 15.7. The van der Waals surface area contributed by atoms with Crippen molar-refractivity contribution in [2.75, 3.05) is 52.8 Å². The summed E-state index contributed by atoms with van der Waals surface area (Å²) in [6.45, 7) is 3.34. The summed E-state index contributed by atoms with van der Waals surface area (Å²) in [6, 6.07) is 76.1. The predicted octanol–water partition coefficient (Wildman–Crippen LogP) is 10.8. The van der Waals surface area contributed by atoms with Gasteiger partial charge in [-0.25, -0.2) is 0 Å². The molecule has 2 fully saturated rings. The number of aliphatic hydroxyl groups excluding tert-OH is 2. The highest BCUT2D eigenvalue weighted by molar-refractivity contribution is 5.95. The Labute approximate surface area is 534 Å². The summed E-state index contributed by atoms with van der Waals surface area (Å²) in [5.74, 6) is -0.113. The maximum Gasteiger partial charge on any atom is 0.254 e. The second-order valence-electron chi connectivity index (χ2n) is 22.4. The van der Waals surface area contributed by atoms with Gasteiger partial charge in [-0.15, -0.1) is 0 Å². The highest BCUT2D eigenvalue weighted by atomic mass is 16.8. The zero-order valence-electron chi connectivity index (χ0n) is 51.3. The molecule has 1 amide bonds. The lowest BCUT2D eigenvalue weighted by atomic mass is 9.96. The minimum absolute atomic E-state index is 0.00493. The van der Waals surface area contributed by atoms with Gasteiger partial charge >= 0.3 is 0 Å². The average molecular weight is 1240 g/mol. The van der Waals surface area contributed by atoms with E-state index in [-0.39, 0.29) is 91.8 Å². The number of amides is 1. The van der Waals surface area contributed by atoms with E-state index < -0.39 is 61.4 Å². The molecule has 2 N–H and O–H groups in total. The number of nitrogens with zero attached hydrogens (tertiary/aromatic N) is 1. The second-order valence-corrected chi connectivity index (χ2v) is 22.4. The quantitative estimate of drug-likeness (QED) is 0.0355. The predicted molar refractivity (Wildman–Crippen MR) is 342 cm³/mol. The molecule has 0 saturated carbocycles. The van der Waals surface area contributed by atoms with Gasteiger partial charge < -0.3 is 72.0 Å². The van der Waals surface area contributed by atoms with Crippen molar-refractivity contribution in [1.82, 2.24) is 4.90 Å². The van der Waals surface area contributed by atoms with Crippen LogP contribution in [0.25, 0.3) is 0 Å². The Morgan fingerprint density at radius 1 is 0.352 bits per heavy atom. The lowest BCUT2D eigenvalue weighted by molar-refractivity contribution is -0.373.